The molecule has 0 radical (unpaired) electrons. The lowest BCUT2D eigenvalue weighted by atomic mass is 10.2. The van der Waals surface area contributed by atoms with Crippen LogP contribution < -0.4 is 10.5 Å². The first-order valence-electron chi connectivity index (χ1n) is 5.21. The van der Waals surface area contributed by atoms with E-state index in [1.807, 2.05) is 24.3 Å². The third-order valence-electron chi connectivity index (χ3n) is 2.33. The maximum absolute atomic E-state index is 5.12. The first-order valence-corrected chi connectivity index (χ1v) is 6.09. The van der Waals surface area contributed by atoms with Crippen molar-refractivity contribution in [2.75, 3.05) is 13.7 Å². The summed E-state index contributed by atoms with van der Waals surface area (Å²) in [6, 6.07) is 7.97. The molecule has 0 saturated heterocycles. The highest BCUT2D eigenvalue weighted by atomic mass is 32.1. The maximum atomic E-state index is 5.12. The third-order valence-corrected chi connectivity index (χ3v) is 3.24. The van der Waals surface area contributed by atoms with E-state index in [4.69, 9.17) is 4.74 Å². The Hall–Kier alpha value is -1.39. The minimum absolute atomic E-state index is 0.872. The van der Waals surface area contributed by atoms with Gasteiger partial charge in [0.05, 0.1) is 24.4 Å². The Labute approximate surface area is 98.9 Å². The van der Waals surface area contributed by atoms with Crippen LogP contribution in [0.4, 0.5) is 0 Å². The molecule has 84 valence electrons. The molecule has 3 nitrogen and oxygen atoms in total. The molecule has 16 heavy (non-hydrogen) atoms. The average Bonchev–Trinajstić information content (AvgIpc) is 2.78. The fourth-order valence-electron chi connectivity index (χ4n) is 1.47. The zero-order valence-corrected chi connectivity index (χ0v) is 10.1. The second-order valence-electron chi connectivity index (χ2n) is 3.46. The van der Waals surface area contributed by atoms with E-state index >= 15 is 0 Å². The van der Waals surface area contributed by atoms with Gasteiger partial charge in [-0.3, -0.25) is 0 Å². The van der Waals surface area contributed by atoms with Crippen LogP contribution in [0.5, 0.6) is 5.75 Å². The van der Waals surface area contributed by atoms with Gasteiger partial charge in [0.25, 0.3) is 0 Å². The normalized spacial score (nSPS) is 10.4. The van der Waals surface area contributed by atoms with Crippen molar-refractivity contribution in [3.63, 3.8) is 0 Å². The molecule has 0 aliphatic rings. The number of methoxy groups -OCH3 is 1. The molecule has 0 saturated carbocycles. The van der Waals surface area contributed by atoms with Crippen molar-refractivity contribution >= 4 is 11.3 Å². The van der Waals surface area contributed by atoms with Crippen LogP contribution in [0.2, 0.25) is 0 Å². The highest BCUT2D eigenvalue weighted by Gasteiger charge is 2.04. The van der Waals surface area contributed by atoms with Crippen molar-refractivity contribution in [1.82, 2.24) is 4.98 Å². The second kappa shape index (κ2) is 5.09. The van der Waals surface area contributed by atoms with Crippen LogP contribution in [0.1, 0.15) is 5.01 Å². The summed E-state index contributed by atoms with van der Waals surface area (Å²) < 4.78 is 5.12. The molecule has 1 heterocycles. The van der Waals surface area contributed by atoms with Crippen LogP contribution in [0, 0.1) is 0 Å². The zero-order chi connectivity index (χ0) is 11.4. The van der Waals surface area contributed by atoms with Gasteiger partial charge in [0.2, 0.25) is 0 Å². The Balaban J connectivity index is 2.21. The fourth-order valence-corrected chi connectivity index (χ4v) is 2.32. The molecule has 2 aromatic rings. The molecule has 0 atom stereocenters. The van der Waals surface area contributed by atoms with E-state index in [0.29, 0.717) is 0 Å². The predicted molar refractivity (Wildman–Crippen MR) is 65.6 cm³/mol. The summed E-state index contributed by atoms with van der Waals surface area (Å²) >= 11 is 1.70. The molecule has 1 aromatic heterocycles. The standard InChI is InChI=1S/C12H14N2OS/c1-15-10-4-2-9(3-5-10)11-8-16-12(14-11)6-7-13/h2-5,8H,6-7,13H2,1H3/p+1. The predicted octanol–water partition coefficient (Wildman–Crippen LogP) is 1.60. The molecule has 0 fully saturated rings. The molecule has 0 unspecified atom stereocenters. The van der Waals surface area contributed by atoms with E-state index in [1.54, 1.807) is 18.4 Å². The summed E-state index contributed by atoms with van der Waals surface area (Å²) in [7, 11) is 1.67. The number of hydrogen-bond acceptors (Lipinski definition) is 3. The SMILES string of the molecule is COc1ccc(-c2csc(CC[NH3+])n2)cc1. The number of aromatic nitrogens is 1. The van der Waals surface area contributed by atoms with Crippen molar-refractivity contribution in [1.29, 1.82) is 0 Å². The van der Waals surface area contributed by atoms with E-state index in [-0.39, 0.29) is 0 Å². The van der Waals surface area contributed by atoms with E-state index in [2.05, 4.69) is 16.1 Å². The Kier molecular flexibility index (Phi) is 3.54. The second-order valence-corrected chi connectivity index (χ2v) is 4.40. The van der Waals surface area contributed by atoms with Crippen molar-refractivity contribution in [3.8, 4) is 17.0 Å². The zero-order valence-electron chi connectivity index (χ0n) is 9.27. The lowest BCUT2D eigenvalue weighted by molar-refractivity contribution is -0.366. The maximum Gasteiger partial charge on any atom is 0.118 e. The molecule has 0 bridgehead atoms. The molecule has 0 spiro atoms. The van der Waals surface area contributed by atoms with Crippen LogP contribution in [0.15, 0.2) is 29.6 Å². The van der Waals surface area contributed by atoms with E-state index in [0.717, 1.165) is 35.0 Å². The van der Waals surface area contributed by atoms with Gasteiger partial charge in [-0.25, -0.2) is 4.98 Å². The number of benzene rings is 1. The Bertz CT molecular complexity index is 450. The Morgan fingerprint density at radius 2 is 2.06 bits per heavy atom. The fraction of sp³-hybridized carbons (Fsp3) is 0.250. The van der Waals surface area contributed by atoms with Crippen molar-refractivity contribution in [2.45, 2.75) is 6.42 Å². The van der Waals surface area contributed by atoms with E-state index in [1.165, 1.54) is 0 Å². The summed E-state index contributed by atoms with van der Waals surface area (Å²) in [6.07, 6.45) is 0.959. The van der Waals surface area contributed by atoms with Gasteiger partial charge in [-0.15, -0.1) is 11.3 Å². The number of rotatable bonds is 4. The van der Waals surface area contributed by atoms with Crippen LogP contribution in [0.3, 0.4) is 0 Å². The Morgan fingerprint density at radius 1 is 1.31 bits per heavy atom. The number of hydrogen-bond donors (Lipinski definition) is 1. The number of ether oxygens (including phenoxy) is 1. The lowest BCUT2D eigenvalue weighted by Gasteiger charge is -2.00. The number of nitrogens with zero attached hydrogens (tertiary/aromatic N) is 1. The molecule has 2 rings (SSSR count). The van der Waals surface area contributed by atoms with Gasteiger partial charge in [-0.1, -0.05) is 0 Å². The van der Waals surface area contributed by atoms with Gasteiger partial charge in [-0.05, 0) is 24.3 Å². The minimum atomic E-state index is 0.872. The highest BCUT2D eigenvalue weighted by Crippen LogP contribution is 2.24. The minimum Gasteiger partial charge on any atom is -0.497 e. The van der Waals surface area contributed by atoms with Crippen LogP contribution in [-0.2, 0) is 6.42 Å². The van der Waals surface area contributed by atoms with Gasteiger partial charge in [0.1, 0.15) is 5.75 Å². The van der Waals surface area contributed by atoms with Crippen molar-refractivity contribution in [2.24, 2.45) is 0 Å². The summed E-state index contributed by atoms with van der Waals surface area (Å²) in [4.78, 5) is 4.56. The van der Waals surface area contributed by atoms with Crippen LogP contribution in [-0.4, -0.2) is 18.6 Å². The van der Waals surface area contributed by atoms with Crippen molar-refractivity contribution in [3.05, 3.63) is 34.7 Å². The smallest absolute Gasteiger partial charge is 0.118 e. The molecule has 0 amide bonds. The highest BCUT2D eigenvalue weighted by molar-refractivity contribution is 7.09. The van der Waals surface area contributed by atoms with Gasteiger partial charge >= 0.3 is 0 Å². The third kappa shape index (κ3) is 2.40. The molecule has 1 aromatic carbocycles. The molecular formula is C12H15N2OS+. The molecular weight excluding hydrogens is 220 g/mol. The topological polar surface area (TPSA) is 49.8 Å². The van der Waals surface area contributed by atoms with Crippen molar-refractivity contribution < 1.29 is 10.5 Å². The monoisotopic (exact) mass is 235 g/mol. The summed E-state index contributed by atoms with van der Waals surface area (Å²) in [6.45, 7) is 0.898. The quantitative estimate of drug-likeness (QED) is 0.875. The van der Waals surface area contributed by atoms with E-state index in [9.17, 15) is 0 Å². The number of quaternary nitrogens is 1. The average molecular weight is 235 g/mol. The van der Waals surface area contributed by atoms with Crippen LogP contribution in [0.25, 0.3) is 11.3 Å². The molecule has 3 N–H and O–H groups in total. The van der Waals surface area contributed by atoms with E-state index < -0.39 is 0 Å². The Morgan fingerprint density at radius 3 is 2.69 bits per heavy atom. The summed E-state index contributed by atoms with van der Waals surface area (Å²) in [5, 5.41) is 3.24. The largest absolute Gasteiger partial charge is 0.497 e. The van der Waals surface area contributed by atoms with Gasteiger partial charge in [0.15, 0.2) is 0 Å². The number of thiazole rings is 1. The summed E-state index contributed by atoms with van der Waals surface area (Å²) in [5.41, 5.74) is 6.01. The van der Waals surface area contributed by atoms with Gasteiger partial charge in [-0.2, -0.15) is 0 Å². The molecule has 4 heteroatoms. The lowest BCUT2D eigenvalue weighted by Crippen LogP contribution is -2.51. The summed E-state index contributed by atoms with van der Waals surface area (Å²) in [5.74, 6) is 0.872. The van der Waals surface area contributed by atoms with Gasteiger partial charge < -0.3 is 10.5 Å². The molecule has 0 aliphatic carbocycles. The first-order chi connectivity index (χ1) is 7.83. The van der Waals surface area contributed by atoms with Crippen LogP contribution >= 0.6 is 11.3 Å². The molecule has 0 aliphatic heterocycles. The first kappa shape index (κ1) is 11.1. The van der Waals surface area contributed by atoms with Gasteiger partial charge in [0, 0.05) is 17.4 Å².